The number of nitrogens with zero attached hydrogens (tertiary/aromatic N) is 7. The number of halogens is 1. The Kier molecular flexibility index (Phi) is 6.25. The van der Waals surface area contributed by atoms with E-state index in [0.717, 1.165) is 11.2 Å². The number of aryl methyl sites for hydroxylation is 1. The lowest BCUT2D eigenvalue weighted by Crippen LogP contribution is -2.35. The maximum absolute atomic E-state index is 13.3. The van der Waals surface area contributed by atoms with Gasteiger partial charge in [0, 0.05) is 32.0 Å². The van der Waals surface area contributed by atoms with Crippen LogP contribution in [0, 0.1) is 0 Å². The molecule has 3 heterocycles. The SMILES string of the molecule is C=C(C)c1cc(N(C(=O)OC(C)(C)C)c2nc3cc(N(C)c4ccnc(Cl)n4)ccc3n2C)no1. The summed E-state index contributed by atoms with van der Waals surface area (Å²) in [4.78, 5) is 29.3. The molecule has 1 aromatic carbocycles. The molecular weight excluding hydrogens is 470 g/mol. The minimum absolute atomic E-state index is 0.158. The number of carbonyl (C=O) groups is 1. The number of rotatable bonds is 5. The largest absolute Gasteiger partial charge is 0.443 e. The van der Waals surface area contributed by atoms with Crippen LogP contribution in [0.4, 0.5) is 28.1 Å². The fourth-order valence-electron chi connectivity index (χ4n) is 3.39. The summed E-state index contributed by atoms with van der Waals surface area (Å²) >= 11 is 5.95. The average molecular weight is 496 g/mol. The number of anilines is 4. The van der Waals surface area contributed by atoms with Crippen LogP contribution in [0.2, 0.25) is 5.28 Å². The van der Waals surface area contributed by atoms with Gasteiger partial charge in [-0.15, -0.1) is 0 Å². The van der Waals surface area contributed by atoms with Crippen molar-refractivity contribution in [3.63, 3.8) is 0 Å². The van der Waals surface area contributed by atoms with Gasteiger partial charge in [-0.05, 0) is 69.1 Å². The fourth-order valence-corrected chi connectivity index (χ4v) is 3.53. The summed E-state index contributed by atoms with van der Waals surface area (Å²) in [5, 5.41) is 4.23. The van der Waals surface area contributed by atoms with Crippen molar-refractivity contribution in [2.45, 2.75) is 33.3 Å². The van der Waals surface area contributed by atoms with Crippen molar-refractivity contribution < 1.29 is 14.1 Å². The number of benzene rings is 1. The molecule has 0 aliphatic rings. The van der Waals surface area contributed by atoms with Gasteiger partial charge in [0.1, 0.15) is 11.4 Å². The van der Waals surface area contributed by atoms with Crippen LogP contribution < -0.4 is 9.80 Å². The molecular formula is C24H26ClN7O3. The Bertz CT molecular complexity index is 1420. The molecule has 0 spiro atoms. The molecule has 0 bridgehead atoms. The Morgan fingerprint density at radius 1 is 1.17 bits per heavy atom. The lowest BCUT2D eigenvalue weighted by atomic mass is 10.2. The molecule has 35 heavy (non-hydrogen) atoms. The van der Waals surface area contributed by atoms with E-state index >= 15 is 0 Å². The van der Waals surface area contributed by atoms with E-state index < -0.39 is 11.7 Å². The third-order valence-corrected chi connectivity index (χ3v) is 5.29. The van der Waals surface area contributed by atoms with Crippen LogP contribution in [0.5, 0.6) is 0 Å². The molecule has 182 valence electrons. The van der Waals surface area contributed by atoms with Gasteiger partial charge >= 0.3 is 6.09 Å². The normalized spacial score (nSPS) is 11.5. The van der Waals surface area contributed by atoms with Gasteiger partial charge in [-0.3, -0.25) is 0 Å². The summed E-state index contributed by atoms with van der Waals surface area (Å²) in [6.45, 7) is 11.0. The molecule has 0 saturated heterocycles. The highest BCUT2D eigenvalue weighted by Crippen LogP contribution is 2.33. The molecule has 0 atom stereocenters. The standard InChI is InChI=1S/C24H26ClN7O3/c1-14(2)18-13-20(29-35-18)32(23(33)34-24(3,4)5)22-27-16-12-15(8-9-17(16)31(22)7)30(6)19-10-11-26-21(25)28-19/h8-13H,1H2,2-7H3. The van der Waals surface area contributed by atoms with Crippen molar-refractivity contribution >= 4 is 57.6 Å². The van der Waals surface area contributed by atoms with Gasteiger partial charge in [0.15, 0.2) is 11.6 Å². The molecule has 0 fully saturated rings. The molecule has 0 N–H and O–H groups in total. The van der Waals surface area contributed by atoms with Crippen molar-refractivity contribution in [3.8, 4) is 0 Å². The Hall–Kier alpha value is -3.92. The molecule has 10 nitrogen and oxygen atoms in total. The fraction of sp³-hybridized carbons (Fsp3) is 0.292. The second-order valence-corrected chi connectivity index (χ2v) is 9.37. The number of imidazole rings is 1. The summed E-state index contributed by atoms with van der Waals surface area (Å²) in [6.07, 6.45) is 0.958. The highest BCUT2D eigenvalue weighted by atomic mass is 35.5. The van der Waals surface area contributed by atoms with E-state index in [1.807, 2.05) is 37.2 Å². The zero-order valence-electron chi connectivity index (χ0n) is 20.4. The molecule has 11 heteroatoms. The number of carbonyl (C=O) groups excluding carboxylic acids is 1. The molecule has 0 unspecified atom stereocenters. The summed E-state index contributed by atoms with van der Waals surface area (Å²) in [6, 6.07) is 9.12. The van der Waals surface area contributed by atoms with Crippen LogP contribution in [0.25, 0.3) is 16.6 Å². The topological polar surface area (TPSA) is 102 Å². The first-order valence-corrected chi connectivity index (χ1v) is 11.2. The van der Waals surface area contributed by atoms with E-state index in [-0.39, 0.29) is 11.1 Å². The zero-order chi connectivity index (χ0) is 25.5. The molecule has 4 rings (SSSR count). The minimum atomic E-state index is -0.727. The third kappa shape index (κ3) is 4.97. The average Bonchev–Trinajstić information content (AvgIpc) is 3.38. The van der Waals surface area contributed by atoms with Gasteiger partial charge < -0.3 is 18.7 Å². The minimum Gasteiger partial charge on any atom is -0.443 e. The highest BCUT2D eigenvalue weighted by Gasteiger charge is 2.31. The molecule has 3 aromatic heterocycles. The van der Waals surface area contributed by atoms with E-state index in [2.05, 4.69) is 21.7 Å². The second-order valence-electron chi connectivity index (χ2n) is 9.03. The predicted octanol–water partition coefficient (Wildman–Crippen LogP) is 5.88. The van der Waals surface area contributed by atoms with Crippen LogP contribution in [0.1, 0.15) is 33.5 Å². The summed E-state index contributed by atoms with van der Waals surface area (Å²) < 4.78 is 12.8. The van der Waals surface area contributed by atoms with Gasteiger partial charge in [0.25, 0.3) is 0 Å². The monoisotopic (exact) mass is 495 g/mol. The summed E-state index contributed by atoms with van der Waals surface area (Å²) in [7, 11) is 3.68. The maximum Gasteiger partial charge on any atom is 0.423 e. The molecule has 0 aliphatic carbocycles. The first-order chi connectivity index (χ1) is 16.4. The zero-order valence-corrected chi connectivity index (χ0v) is 21.2. The smallest absolute Gasteiger partial charge is 0.423 e. The highest BCUT2D eigenvalue weighted by molar-refractivity contribution is 6.28. The Morgan fingerprint density at radius 2 is 1.91 bits per heavy atom. The van der Waals surface area contributed by atoms with Crippen LogP contribution >= 0.6 is 11.6 Å². The quantitative estimate of drug-likeness (QED) is 0.316. The predicted molar refractivity (Wildman–Crippen MR) is 135 cm³/mol. The van der Waals surface area contributed by atoms with E-state index in [9.17, 15) is 4.79 Å². The molecule has 0 radical (unpaired) electrons. The van der Waals surface area contributed by atoms with Crippen LogP contribution in [0.15, 0.2) is 47.6 Å². The first-order valence-electron chi connectivity index (χ1n) is 10.8. The third-order valence-electron chi connectivity index (χ3n) is 5.11. The molecule has 4 aromatic rings. The van der Waals surface area contributed by atoms with Gasteiger partial charge in [-0.2, -0.15) is 4.90 Å². The van der Waals surface area contributed by atoms with E-state index in [0.29, 0.717) is 28.6 Å². The van der Waals surface area contributed by atoms with Crippen molar-refractivity contribution in [1.82, 2.24) is 24.7 Å². The number of allylic oxidation sites excluding steroid dienone is 1. The van der Waals surface area contributed by atoms with Gasteiger partial charge in [0.2, 0.25) is 11.2 Å². The number of hydrogen-bond acceptors (Lipinski definition) is 8. The van der Waals surface area contributed by atoms with Crippen molar-refractivity contribution in [2.24, 2.45) is 7.05 Å². The summed E-state index contributed by atoms with van der Waals surface area (Å²) in [5.41, 5.74) is 2.23. The number of amides is 1. The number of ether oxygens (including phenoxy) is 1. The lowest BCUT2D eigenvalue weighted by Gasteiger charge is -2.25. The van der Waals surface area contributed by atoms with Crippen molar-refractivity contribution in [2.75, 3.05) is 16.8 Å². The first kappa shape index (κ1) is 24.2. The van der Waals surface area contributed by atoms with Gasteiger partial charge in [0.05, 0.1) is 11.0 Å². The van der Waals surface area contributed by atoms with Crippen molar-refractivity contribution in [1.29, 1.82) is 0 Å². The van der Waals surface area contributed by atoms with E-state index in [1.54, 1.807) is 50.6 Å². The second kappa shape index (κ2) is 9.03. The summed E-state index contributed by atoms with van der Waals surface area (Å²) in [5.74, 6) is 1.65. The Labute approximate surface area is 207 Å². The number of aromatic nitrogens is 5. The van der Waals surface area contributed by atoms with E-state index in [4.69, 9.17) is 25.8 Å². The number of fused-ring (bicyclic) bond motifs is 1. The molecule has 1 amide bonds. The van der Waals surface area contributed by atoms with Crippen LogP contribution in [-0.2, 0) is 11.8 Å². The maximum atomic E-state index is 13.3. The number of hydrogen-bond donors (Lipinski definition) is 0. The van der Waals surface area contributed by atoms with Crippen LogP contribution in [-0.4, -0.2) is 43.4 Å². The lowest BCUT2D eigenvalue weighted by molar-refractivity contribution is 0.0594. The molecule has 0 aliphatic heterocycles. The Morgan fingerprint density at radius 3 is 2.54 bits per heavy atom. The van der Waals surface area contributed by atoms with Crippen molar-refractivity contribution in [3.05, 3.63) is 54.2 Å². The van der Waals surface area contributed by atoms with Crippen LogP contribution in [0.3, 0.4) is 0 Å². The van der Waals surface area contributed by atoms with Gasteiger partial charge in [-0.25, -0.2) is 19.7 Å². The van der Waals surface area contributed by atoms with E-state index in [1.165, 1.54) is 4.90 Å². The van der Waals surface area contributed by atoms with Gasteiger partial charge in [-0.1, -0.05) is 11.7 Å². The molecule has 0 saturated carbocycles. The Balaban J connectivity index is 1.80.